The molecule has 0 aliphatic heterocycles. The molecule has 0 bridgehead atoms. The van der Waals surface area contributed by atoms with Gasteiger partial charge >= 0.3 is 34.1 Å². The van der Waals surface area contributed by atoms with Gasteiger partial charge in [0.05, 0.1) is 42.1 Å². The largest absolute Gasteiger partial charge is 1.00 e. The van der Waals surface area contributed by atoms with Gasteiger partial charge in [0, 0.05) is 56.1 Å². The molecular formula is C36H28Cu2N6O4S2. The van der Waals surface area contributed by atoms with Gasteiger partial charge in [-0.2, -0.15) is 0 Å². The van der Waals surface area contributed by atoms with E-state index >= 15 is 0 Å². The quantitative estimate of drug-likeness (QED) is 0.124. The summed E-state index contributed by atoms with van der Waals surface area (Å²) in [6, 6.07) is 39.6. The fourth-order valence-corrected chi connectivity index (χ4v) is 5.59. The van der Waals surface area contributed by atoms with Crippen molar-refractivity contribution in [3.8, 4) is 0 Å². The van der Waals surface area contributed by atoms with E-state index in [0.29, 0.717) is 0 Å². The van der Waals surface area contributed by atoms with Crippen molar-refractivity contribution in [1.82, 2.24) is 19.9 Å². The zero-order chi connectivity index (χ0) is 34.0. The molecule has 0 fully saturated rings. The molecule has 260 valence electrons. The average Bonchev–Trinajstić information content (AvgIpc) is 3.12. The van der Waals surface area contributed by atoms with Gasteiger partial charge in [-0.1, -0.05) is 84.9 Å². The summed E-state index contributed by atoms with van der Waals surface area (Å²) >= 11 is 0. The Bertz CT molecular complexity index is 2240. The number of hydrogen-bond donors (Lipinski definition) is 0. The van der Waals surface area contributed by atoms with E-state index in [1.54, 1.807) is 61.2 Å². The van der Waals surface area contributed by atoms with E-state index in [4.69, 9.17) is 10.3 Å². The van der Waals surface area contributed by atoms with Crippen LogP contribution in [0.25, 0.3) is 53.9 Å². The summed E-state index contributed by atoms with van der Waals surface area (Å²) < 4.78 is 42.0. The van der Waals surface area contributed by atoms with E-state index in [2.05, 4.69) is 68.5 Å². The Morgan fingerprint density at radius 2 is 0.580 bits per heavy atom. The molecule has 0 radical (unpaired) electrons. The Labute approximate surface area is 311 Å². The molecule has 4 aromatic carbocycles. The van der Waals surface area contributed by atoms with Crippen LogP contribution in [0.2, 0.25) is 0 Å². The Balaban J connectivity index is 0.000000181. The Morgan fingerprint density at radius 1 is 0.340 bits per heavy atom. The number of sulfonamides is 2. The van der Waals surface area contributed by atoms with Gasteiger partial charge in [0.25, 0.3) is 0 Å². The summed E-state index contributed by atoms with van der Waals surface area (Å²) in [4.78, 5) is 17.5. The zero-order valence-electron chi connectivity index (χ0n) is 25.9. The molecule has 0 atom stereocenters. The summed E-state index contributed by atoms with van der Waals surface area (Å²) in [5, 5.41) is 17.8. The molecule has 0 aliphatic carbocycles. The van der Waals surface area contributed by atoms with Crippen LogP contribution in [0.3, 0.4) is 0 Å². The molecule has 2 N–H and O–H groups in total. The van der Waals surface area contributed by atoms with Gasteiger partial charge in [-0.3, -0.25) is 19.9 Å². The van der Waals surface area contributed by atoms with Crippen molar-refractivity contribution >= 4 is 63.7 Å². The van der Waals surface area contributed by atoms with Gasteiger partial charge in [0.15, 0.2) is 0 Å². The second kappa shape index (κ2) is 18.4. The number of benzene rings is 4. The minimum Gasteiger partial charge on any atom is -0.560 e. The van der Waals surface area contributed by atoms with E-state index in [1.165, 1.54) is 24.3 Å². The maximum Gasteiger partial charge on any atom is 1.00 e. The summed E-state index contributed by atoms with van der Waals surface area (Å²) in [6.07, 6.45) is 7.21. The average molecular weight is 800 g/mol. The van der Waals surface area contributed by atoms with Crippen molar-refractivity contribution in [1.29, 1.82) is 0 Å². The minimum absolute atomic E-state index is 0. The molecule has 0 amide bonds. The predicted octanol–water partition coefficient (Wildman–Crippen LogP) is 8.42. The number of hydrogen-bond acceptors (Lipinski definition) is 8. The van der Waals surface area contributed by atoms with Crippen molar-refractivity contribution in [2.24, 2.45) is 0 Å². The smallest absolute Gasteiger partial charge is 0.560 e. The molecule has 0 aliphatic rings. The molecule has 0 saturated carbocycles. The minimum atomic E-state index is -3.75. The Morgan fingerprint density at radius 3 is 0.780 bits per heavy atom. The third-order valence-electron chi connectivity index (χ3n) is 6.80. The normalized spacial score (nSPS) is 10.6. The number of rotatable bonds is 2. The van der Waals surface area contributed by atoms with Gasteiger partial charge in [0.1, 0.15) is 0 Å². The topological polar surface area (TPSA) is 167 Å². The molecule has 8 rings (SSSR count). The maximum atomic E-state index is 10.5. The summed E-state index contributed by atoms with van der Waals surface area (Å²) in [5.74, 6) is 0. The zero-order valence-corrected chi connectivity index (χ0v) is 29.4. The Kier molecular flexibility index (Phi) is 14.6. The molecule has 0 saturated heterocycles. The molecule has 0 spiro atoms. The Hall–Kier alpha value is -4.62. The monoisotopic (exact) mass is 798 g/mol. The van der Waals surface area contributed by atoms with E-state index in [0.717, 1.165) is 43.6 Å². The number of nitrogens with one attached hydrogen (secondary N) is 2. The van der Waals surface area contributed by atoms with Crippen LogP contribution in [0.15, 0.2) is 168 Å². The predicted molar refractivity (Wildman–Crippen MR) is 190 cm³/mol. The first kappa shape index (κ1) is 39.8. The second-order valence-corrected chi connectivity index (χ2v) is 13.0. The molecule has 0 unspecified atom stereocenters. The van der Waals surface area contributed by atoms with Crippen molar-refractivity contribution in [2.45, 2.75) is 9.79 Å². The van der Waals surface area contributed by atoms with E-state index in [-0.39, 0.29) is 43.9 Å². The fraction of sp³-hybridized carbons (Fsp3) is 0. The van der Waals surface area contributed by atoms with E-state index in [1.807, 2.05) is 24.3 Å². The van der Waals surface area contributed by atoms with E-state index < -0.39 is 20.0 Å². The third kappa shape index (κ3) is 10.7. The molecule has 4 heterocycles. The molecule has 50 heavy (non-hydrogen) atoms. The van der Waals surface area contributed by atoms with Crippen LogP contribution in [0.5, 0.6) is 0 Å². The number of fused-ring (bicyclic) bond motifs is 6. The van der Waals surface area contributed by atoms with Gasteiger partial charge in [-0.15, -0.1) is 0 Å². The van der Waals surface area contributed by atoms with Gasteiger partial charge in [0.2, 0.25) is 0 Å². The fourth-order valence-electron chi connectivity index (χ4n) is 4.56. The molecular weight excluding hydrogens is 772 g/mol. The third-order valence-corrected chi connectivity index (χ3v) is 8.58. The van der Waals surface area contributed by atoms with Crippen molar-refractivity contribution in [3.63, 3.8) is 0 Å². The first-order chi connectivity index (χ1) is 23.1. The van der Waals surface area contributed by atoms with Crippen LogP contribution >= 0.6 is 0 Å². The summed E-state index contributed by atoms with van der Waals surface area (Å²) in [6.45, 7) is 0. The first-order valence-electron chi connectivity index (χ1n) is 14.4. The molecule has 10 nitrogen and oxygen atoms in total. The van der Waals surface area contributed by atoms with Crippen LogP contribution in [0.1, 0.15) is 0 Å². The van der Waals surface area contributed by atoms with E-state index in [9.17, 15) is 16.8 Å². The maximum absolute atomic E-state index is 10.5. The number of nitrogens with zero attached hydrogens (tertiary/aromatic N) is 4. The van der Waals surface area contributed by atoms with Crippen molar-refractivity contribution in [2.75, 3.05) is 0 Å². The molecule has 8 aromatic rings. The second-order valence-electron chi connectivity index (χ2n) is 10.1. The number of aromatic nitrogens is 4. The SMILES string of the molecule is [Cu+].[Cu+].[NH-]S(=O)(=O)c1ccccc1.[NH-]S(=O)(=O)c1ccccc1.c1cnc2c(c1)ccc1cccnc12.c1cnc2c(c1)ccc1cccnc12. The van der Waals surface area contributed by atoms with Crippen molar-refractivity contribution in [3.05, 3.63) is 169 Å². The van der Waals surface area contributed by atoms with Gasteiger partial charge in [-0.05, 0) is 48.5 Å². The van der Waals surface area contributed by atoms with Crippen LogP contribution in [-0.4, -0.2) is 36.8 Å². The standard InChI is InChI=1S/2C12H8N2.2C6H6NO2S.2Cu/c2*1-3-9-5-6-10-4-2-8-14-12(10)11(9)13-7-1;2*7-10(8,9)6-4-2-1-3-5-6;;/h2*1-8H;2*1-5H,(H-,7,8,9);;/q;;2*-1;2*+1. The van der Waals surface area contributed by atoms with Gasteiger partial charge in [-0.25, -0.2) is 16.8 Å². The van der Waals surface area contributed by atoms with Crippen LogP contribution < -0.4 is 0 Å². The molecule has 4 aromatic heterocycles. The summed E-state index contributed by atoms with van der Waals surface area (Å²) in [7, 11) is -7.51. The number of pyridine rings is 4. The molecule has 14 heteroatoms. The van der Waals surface area contributed by atoms with Crippen molar-refractivity contribution < 1.29 is 51.0 Å². The van der Waals surface area contributed by atoms with Gasteiger partial charge < -0.3 is 10.3 Å². The van der Waals surface area contributed by atoms with Crippen LogP contribution in [0.4, 0.5) is 0 Å². The summed E-state index contributed by atoms with van der Waals surface area (Å²) in [5.41, 5.74) is 3.91. The van der Waals surface area contributed by atoms with Crippen LogP contribution in [-0.2, 0) is 54.2 Å². The van der Waals surface area contributed by atoms with Crippen LogP contribution in [0, 0.1) is 0 Å². The first-order valence-corrected chi connectivity index (χ1v) is 17.3.